The number of hydrogen-bond acceptors (Lipinski definition) is 15. The molecule has 20 nitrogen and oxygen atoms in total. The lowest BCUT2D eigenvalue weighted by Crippen LogP contribution is -2.35. The molecule has 34 heavy (non-hydrogen) atoms. The fraction of sp³-hybridized carbons (Fsp3) is 0.545. The van der Waals surface area contributed by atoms with Crippen LogP contribution in [0.4, 0.5) is 11.8 Å². The van der Waals surface area contributed by atoms with E-state index in [0.29, 0.717) is 0 Å². The van der Waals surface area contributed by atoms with E-state index in [2.05, 4.69) is 33.0 Å². The minimum Gasteiger partial charge on any atom is -0.387 e. The zero-order chi connectivity index (χ0) is 25.5. The van der Waals surface area contributed by atoms with Crippen LogP contribution < -0.4 is 11.5 Å². The summed E-state index contributed by atoms with van der Waals surface area (Å²) in [5.74, 6) is -0.244. The maximum atomic E-state index is 11.9. The zero-order valence-corrected chi connectivity index (χ0v) is 19.5. The van der Waals surface area contributed by atoms with E-state index in [0.717, 1.165) is 7.11 Å². The number of nitrogens with two attached hydrogens (primary N) is 2. The van der Waals surface area contributed by atoms with Crippen molar-refractivity contribution >= 4 is 46.4 Å². The highest BCUT2D eigenvalue weighted by molar-refractivity contribution is 7.66. The van der Waals surface area contributed by atoms with Gasteiger partial charge in [0.1, 0.15) is 17.7 Å². The molecule has 0 saturated carbocycles. The monoisotopic (exact) mass is 552 g/mol. The van der Waals surface area contributed by atoms with Gasteiger partial charge in [0.05, 0.1) is 20.0 Å². The first kappa shape index (κ1) is 27.0. The number of aliphatic hydroxyl groups is 1. The largest absolute Gasteiger partial charge is 0.490 e. The summed E-state index contributed by atoms with van der Waals surface area (Å²) in [6.45, 7) is -0.948. The van der Waals surface area contributed by atoms with Crippen molar-refractivity contribution in [1.29, 1.82) is 0 Å². The molecule has 1 saturated heterocycles. The Kier molecular flexibility index (Phi) is 7.79. The summed E-state index contributed by atoms with van der Waals surface area (Å²) in [7, 11) is -15.6. The number of phosphoric acid groups is 3. The quantitative estimate of drug-likeness (QED) is 0.101. The number of phosphoric ester groups is 1. The Morgan fingerprint density at radius 1 is 1.12 bits per heavy atom. The van der Waals surface area contributed by atoms with E-state index >= 15 is 0 Å². The molecule has 0 amide bonds. The number of rotatable bonds is 10. The minimum atomic E-state index is -5.72. The molecule has 192 valence electrons. The molecule has 1 fully saturated rings. The summed E-state index contributed by atoms with van der Waals surface area (Å²) in [5, 5.41) is 10.5. The third kappa shape index (κ3) is 6.34. The van der Waals surface area contributed by atoms with Crippen molar-refractivity contribution in [1.82, 2.24) is 19.5 Å². The van der Waals surface area contributed by atoms with Crippen molar-refractivity contribution in [2.75, 3.05) is 25.2 Å². The number of hydrogen-bond donors (Lipinski definition) is 7. The van der Waals surface area contributed by atoms with Crippen LogP contribution in [-0.2, 0) is 41.4 Å². The Morgan fingerprint density at radius 3 is 2.41 bits per heavy atom. The van der Waals surface area contributed by atoms with Crippen LogP contribution in [0.1, 0.15) is 6.23 Å². The van der Waals surface area contributed by atoms with Crippen molar-refractivity contribution in [3.8, 4) is 0 Å². The van der Waals surface area contributed by atoms with Gasteiger partial charge in [-0.15, -0.1) is 0 Å². The summed E-state index contributed by atoms with van der Waals surface area (Å²) >= 11 is 0. The number of imidazole rings is 1. The van der Waals surface area contributed by atoms with Crippen LogP contribution in [0.25, 0.3) is 11.2 Å². The number of fused-ring (bicyclic) bond motifs is 1. The maximum absolute atomic E-state index is 11.9. The van der Waals surface area contributed by atoms with Crippen molar-refractivity contribution in [2.45, 2.75) is 24.5 Å². The fourth-order valence-corrected chi connectivity index (χ4v) is 5.94. The second-order valence-electron chi connectivity index (χ2n) is 6.46. The number of nitrogen functional groups attached to an aromatic ring is 2. The lowest BCUT2D eigenvalue weighted by Gasteiger charge is -2.19. The SMILES string of the molecule is COO[C@@H]1[C@@H](O)[C@@H](COP(=O)(O)OP(=O)(O)OP(=O)(O)O)O[C@H]1n1cnc2c(N)nc(N)nc21. The lowest BCUT2D eigenvalue weighted by atomic mass is 10.1. The summed E-state index contributed by atoms with van der Waals surface area (Å²) in [5.41, 5.74) is 11.6. The second kappa shape index (κ2) is 9.81. The molecule has 0 aliphatic carbocycles. The zero-order valence-electron chi connectivity index (χ0n) is 16.8. The van der Waals surface area contributed by atoms with E-state index in [9.17, 15) is 28.6 Å². The molecule has 9 N–H and O–H groups in total. The first-order valence-electron chi connectivity index (χ1n) is 8.69. The van der Waals surface area contributed by atoms with Gasteiger partial charge < -0.3 is 40.9 Å². The third-order valence-corrected chi connectivity index (χ3v) is 7.88. The average molecular weight is 552 g/mol. The topological polar surface area (TPSA) is 303 Å². The number of aromatic nitrogens is 4. The summed E-state index contributed by atoms with van der Waals surface area (Å²) in [4.78, 5) is 57.3. The second-order valence-corrected chi connectivity index (χ2v) is 10.9. The summed E-state index contributed by atoms with van der Waals surface area (Å²) in [6.07, 6.45) is -4.35. The van der Waals surface area contributed by atoms with Crippen molar-refractivity contribution in [2.24, 2.45) is 0 Å². The van der Waals surface area contributed by atoms with Crippen LogP contribution >= 0.6 is 23.5 Å². The standard InChI is InChI=1S/C11H19N6O14P3/c1-26-29-7-6(18)4(2-27-33(22,23)31-34(24,25)30-32(19,20)21)28-10(7)17-3-14-5-8(12)15-11(13)16-9(5)17/h3-4,6-7,10,18H,2H2,1H3,(H,22,23)(H,24,25)(H2,19,20,21)(H4,12,13,15,16)/t4-,6+,7-,10-/m1/s1. The van der Waals surface area contributed by atoms with Gasteiger partial charge in [0.15, 0.2) is 23.8 Å². The molecule has 3 heterocycles. The van der Waals surface area contributed by atoms with Crippen LogP contribution in [0.3, 0.4) is 0 Å². The highest BCUT2D eigenvalue weighted by Gasteiger charge is 2.49. The summed E-state index contributed by atoms with van der Waals surface area (Å²) in [6, 6.07) is 0. The molecular formula is C11H19N6O14P3. The van der Waals surface area contributed by atoms with Gasteiger partial charge in [0.25, 0.3) is 0 Å². The van der Waals surface area contributed by atoms with E-state index in [4.69, 9.17) is 30.9 Å². The van der Waals surface area contributed by atoms with Crippen LogP contribution in [0.2, 0.25) is 0 Å². The lowest BCUT2D eigenvalue weighted by molar-refractivity contribution is -0.327. The number of nitrogens with zero attached hydrogens (tertiary/aromatic N) is 4. The van der Waals surface area contributed by atoms with E-state index < -0.39 is 54.6 Å². The van der Waals surface area contributed by atoms with Gasteiger partial charge in [-0.25, -0.2) is 28.5 Å². The van der Waals surface area contributed by atoms with Crippen LogP contribution in [0.5, 0.6) is 0 Å². The number of aliphatic hydroxyl groups excluding tert-OH is 1. The molecule has 0 aromatic carbocycles. The van der Waals surface area contributed by atoms with Crippen LogP contribution in [0, 0.1) is 0 Å². The molecule has 6 atom stereocenters. The van der Waals surface area contributed by atoms with Crippen molar-refractivity contribution in [3.05, 3.63) is 6.33 Å². The first-order valence-corrected chi connectivity index (χ1v) is 13.2. The molecule has 3 rings (SSSR count). The minimum absolute atomic E-state index is 0.0479. The molecule has 2 aromatic rings. The van der Waals surface area contributed by atoms with E-state index in [1.807, 2.05) is 0 Å². The van der Waals surface area contributed by atoms with Gasteiger partial charge in [0, 0.05) is 0 Å². The molecule has 0 bridgehead atoms. The first-order chi connectivity index (χ1) is 15.6. The van der Waals surface area contributed by atoms with E-state index in [1.165, 1.54) is 10.9 Å². The smallest absolute Gasteiger partial charge is 0.387 e. The summed E-state index contributed by atoms with van der Waals surface area (Å²) < 4.78 is 52.6. The van der Waals surface area contributed by atoms with Gasteiger partial charge in [-0.05, 0) is 0 Å². The average Bonchev–Trinajstić information content (AvgIpc) is 3.19. The molecule has 2 unspecified atom stereocenters. The highest BCUT2D eigenvalue weighted by atomic mass is 31.3. The number of ether oxygens (including phenoxy) is 1. The predicted molar refractivity (Wildman–Crippen MR) is 106 cm³/mol. The highest BCUT2D eigenvalue weighted by Crippen LogP contribution is 2.66. The van der Waals surface area contributed by atoms with Crippen LogP contribution in [-0.4, -0.2) is 76.2 Å². The Morgan fingerprint density at radius 2 is 1.79 bits per heavy atom. The Hall–Kier alpha value is -1.60. The normalized spacial score (nSPS) is 27.0. The molecular weight excluding hydrogens is 533 g/mol. The van der Waals surface area contributed by atoms with Gasteiger partial charge in [-0.3, -0.25) is 9.09 Å². The van der Waals surface area contributed by atoms with Gasteiger partial charge >= 0.3 is 23.5 Å². The fourth-order valence-electron chi connectivity index (χ4n) is 2.91. The predicted octanol–water partition coefficient (Wildman–Crippen LogP) is -1.46. The van der Waals surface area contributed by atoms with E-state index in [-0.39, 0.29) is 22.9 Å². The molecule has 0 spiro atoms. The third-order valence-electron chi connectivity index (χ3n) is 4.08. The molecule has 2 aromatic heterocycles. The Labute approximate surface area is 188 Å². The van der Waals surface area contributed by atoms with Crippen molar-refractivity contribution < 1.29 is 66.0 Å². The van der Waals surface area contributed by atoms with Crippen LogP contribution in [0.15, 0.2) is 6.33 Å². The van der Waals surface area contributed by atoms with E-state index in [1.54, 1.807) is 0 Å². The maximum Gasteiger partial charge on any atom is 0.490 e. The molecule has 1 aliphatic heterocycles. The number of anilines is 2. The van der Waals surface area contributed by atoms with Gasteiger partial charge in [-0.2, -0.15) is 18.6 Å². The van der Waals surface area contributed by atoms with Gasteiger partial charge in [-0.1, -0.05) is 0 Å². The Bertz CT molecular complexity index is 1190. The molecule has 1 aliphatic rings. The van der Waals surface area contributed by atoms with Crippen molar-refractivity contribution in [3.63, 3.8) is 0 Å². The molecule has 23 heteroatoms. The van der Waals surface area contributed by atoms with Gasteiger partial charge in [0.2, 0.25) is 5.95 Å². The molecule has 0 radical (unpaired) electrons. The Balaban J connectivity index is 1.78.